The molecule has 0 aliphatic carbocycles. The third-order valence-electron chi connectivity index (χ3n) is 3.89. The Balaban J connectivity index is 1.98. The second-order valence-corrected chi connectivity index (χ2v) is 7.28. The van der Waals surface area contributed by atoms with Crippen molar-refractivity contribution in [3.8, 4) is 17.2 Å². The highest BCUT2D eigenvalue weighted by atomic mass is 32.2. The molecule has 1 unspecified atom stereocenters. The van der Waals surface area contributed by atoms with Gasteiger partial charge in [0.05, 0.1) is 26.2 Å². The average molecular weight is 365 g/mol. The molecule has 1 amide bonds. The smallest absolute Gasteiger partial charge is 0.265 e. The van der Waals surface area contributed by atoms with E-state index in [1.54, 1.807) is 39.2 Å². The minimum atomic E-state index is -0.102. The van der Waals surface area contributed by atoms with E-state index in [2.05, 4.69) is 0 Å². The fourth-order valence-electron chi connectivity index (χ4n) is 2.72. The van der Waals surface area contributed by atoms with Crippen LogP contribution < -0.4 is 14.2 Å². The Morgan fingerprint density at radius 1 is 1.12 bits per heavy atom. The zero-order chi connectivity index (χ0) is 17.1. The van der Waals surface area contributed by atoms with Gasteiger partial charge in [-0.2, -0.15) is 0 Å². The molecule has 1 aliphatic heterocycles. The van der Waals surface area contributed by atoms with Crippen molar-refractivity contribution in [2.45, 2.75) is 5.37 Å². The topological polar surface area (TPSA) is 48.0 Å². The lowest BCUT2D eigenvalue weighted by molar-refractivity contribution is 0.0764. The third kappa shape index (κ3) is 3.06. The molecule has 128 valence electrons. The Kier molecular flexibility index (Phi) is 5.20. The fourth-order valence-corrected chi connectivity index (χ4v) is 4.67. The molecule has 1 atom stereocenters. The zero-order valence-corrected chi connectivity index (χ0v) is 15.4. The van der Waals surface area contributed by atoms with Crippen LogP contribution in [0, 0.1) is 0 Å². The first kappa shape index (κ1) is 17.0. The Morgan fingerprint density at radius 3 is 2.46 bits per heavy atom. The van der Waals surface area contributed by atoms with Gasteiger partial charge in [-0.05, 0) is 17.5 Å². The van der Waals surface area contributed by atoms with Gasteiger partial charge in [0.1, 0.15) is 11.1 Å². The van der Waals surface area contributed by atoms with Crippen LogP contribution >= 0.6 is 23.1 Å². The average Bonchev–Trinajstić information content (AvgIpc) is 3.31. The van der Waals surface area contributed by atoms with Crippen LogP contribution in [0.15, 0.2) is 29.6 Å². The number of methoxy groups -OCH3 is 3. The number of rotatable bonds is 5. The summed E-state index contributed by atoms with van der Waals surface area (Å²) in [6.07, 6.45) is 0. The van der Waals surface area contributed by atoms with Crippen molar-refractivity contribution in [2.24, 2.45) is 0 Å². The highest BCUT2D eigenvalue weighted by Gasteiger charge is 2.34. The first-order valence-electron chi connectivity index (χ1n) is 7.45. The van der Waals surface area contributed by atoms with Crippen LogP contribution in [0.1, 0.15) is 20.6 Å². The molecular weight excluding hydrogens is 346 g/mol. The molecule has 1 saturated heterocycles. The number of hydrogen-bond donors (Lipinski definition) is 0. The lowest BCUT2D eigenvalue weighted by atomic mass is 10.1. The van der Waals surface area contributed by atoms with Gasteiger partial charge in [-0.15, -0.1) is 23.1 Å². The van der Waals surface area contributed by atoms with Crippen molar-refractivity contribution in [2.75, 3.05) is 33.6 Å². The quantitative estimate of drug-likeness (QED) is 0.809. The first-order valence-corrected chi connectivity index (χ1v) is 9.38. The second-order valence-electron chi connectivity index (χ2n) is 5.15. The Morgan fingerprint density at radius 2 is 1.83 bits per heavy atom. The molecule has 0 saturated carbocycles. The normalized spacial score (nSPS) is 17.0. The summed E-state index contributed by atoms with van der Waals surface area (Å²) in [5.41, 5.74) is 0.919. The van der Waals surface area contributed by atoms with Crippen molar-refractivity contribution >= 4 is 29.0 Å². The molecule has 5 nitrogen and oxygen atoms in total. The van der Waals surface area contributed by atoms with Crippen LogP contribution in [0.5, 0.6) is 17.2 Å². The van der Waals surface area contributed by atoms with Gasteiger partial charge in [-0.25, -0.2) is 0 Å². The van der Waals surface area contributed by atoms with E-state index in [1.807, 2.05) is 28.5 Å². The molecule has 1 aromatic heterocycles. The largest absolute Gasteiger partial charge is 0.496 e. The maximum atomic E-state index is 12.8. The monoisotopic (exact) mass is 365 g/mol. The van der Waals surface area contributed by atoms with Gasteiger partial charge in [-0.3, -0.25) is 4.79 Å². The lowest BCUT2D eigenvalue weighted by Gasteiger charge is -2.26. The molecule has 2 heterocycles. The van der Waals surface area contributed by atoms with E-state index in [-0.39, 0.29) is 11.3 Å². The van der Waals surface area contributed by atoms with E-state index in [9.17, 15) is 4.79 Å². The number of carbonyl (C=O) groups excluding carboxylic acids is 1. The molecule has 2 aromatic rings. The molecule has 24 heavy (non-hydrogen) atoms. The van der Waals surface area contributed by atoms with E-state index in [1.165, 1.54) is 11.3 Å². The highest BCUT2D eigenvalue weighted by Crippen LogP contribution is 2.46. The summed E-state index contributed by atoms with van der Waals surface area (Å²) in [5.74, 6) is 2.87. The molecule has 3 rings (SSSR count). The maximum Gasteiger partial charge on any atom is 0.265 e. The van der Waals surface area contributed by atoms with Crippen molar-refractivity contribution in [1.82, 2.24) is 4.90 Å². The SMILES string of the molecule is COc1cc(OC)c(C2SCCN2C(=O)c2cccs2)cc1OC. The van der Waals surface area contributed by atoms with Crippen LogP contribution in [-0.2, 0) is 0 Å². The van der Waals surface area contributed by atoms with Gasteiger partial charge in [-0.1, -0.05) is 6.07 Å². The number of amides is 1. The summed E-state index contributed by atoms with van der Waals surface area (Å²) >= 11 is 3.19. The number of hydrogen-bond acceptors (Lipinski definition) is 6. The minimum absolute atomic E-state index is 0.0526. The van der Waals surface area contributed by atoms with Gasteiger partial charge in [0, 0.05) is 23.9 Å². The Labute approximate surface area is 149 Å². The summed E-state index contributed by atoms with van der Waals surface area (Å²) in [6.45, 7) is 0.712. The molecule has 0 bridgehead atoms. The van der Waals surface area contributed by atoms with Gasteiger partial charge in [0.25, 0.3) is 5.91 Å². The minimum Gasteiger partial charge on any atom is -0.496 e. The molecule has 1 aromatic carbocycles. The number of nitrogens with zero attached hydrogens (tertiary/aromatic N) is 1. The van der Waals surface area contributed by atoms with Crippen molar-refractivity contribution < 1.29 is 19.0 Å². The summed E-state index contributed by atoms with van der Waals surface area (Å²) in [7, 11) is 4.81. The second kappa shape index (κ2) is 7.36. The summed E-state index contributed by atoms with van der Waals surface area (Å²) in [5, 5.41) is 1.82. The van der Waals surface area contributed by atoms with E-state index >= 15 is 0 Å². The summed E-state index contributed by atoms with van der Waals surface area (Å²) in [6, 6.07) is 7.46. The van der Waals surface area contributed by atoms with Crippen LogP contribution in [0.3, 0.4) is 0 Å². The van der Waals surface area contributed by atoms with Crippen molar-refractivity contribution in [3.63, 3.8) is 0 Å². The van der Waals surface area contributed by atoms with Crippen LogP contribution in [0.2, 0.25) is 0 Å². The van der Waals surface area contributed by atoms with Gasteiger partial charge < -0.3 is 19.1 Å². The van der Waals surface area contributed by atoms with E-state index in [0.717, 1.165) is 16.2 Å². The summed E-state index contributed by atoms with van der Waals surface area (Å²) in [4.78, 5) is 15.4. The Bertz CT molecular complexity index is 718. The Hall–Kier alpha value is -1.86. The molecule has 1 fully saturated rings. The zero-order valence-electron chi connectivity index (χ0n) is 13.8. The highest BCUT2D eigenvalue weighted by molar-refractivity contribution is 7.99. The summed E-state index contributed by atoms with van der Waals surface area (Å²) < 4.78 is 16.3. The van der Waals surface area contributed by atoms with E-state index < -0.39 is 0 Å². The first-order chi connectivity index (χ1) is 11.7. The third-order valence-corrected chi connectivity index (χ3v) is 5.99. The van der Waals surface area contributed by atoms with Crippen molar-refractivity contribution in [1.29, 1.82) is 0 Å². The number of ether oxygens (including phenoxy) is 3. The standard InChI is InChI=1S/C17H19NO4S2/c1-20-12-10-14(22-3)13(21-2)9-11(12)17-18(6-8-24-17)16(19)15-5-4-7-23-15/h4-5,7,9-10,17H,6,8H2,1-3H3. The van der Waals surface area contributed by atoms with Crippen LogP contribution in [0.4, 0.5) is 0 Å². The molecule has 0 radical (unpaired) electrons. The van der Waals surface area contributed by atoms with Gasteiger partial charge in [0.15, 0.2) is 11.5 Å². The van der Waals surface area contributed by atoms with Crippen LogP contribution in [0.25, 0.3) is 0 Å². The predicted molar refractivity (Wildman–Crippen MR) is 96.7 cm³/mol. The molecular formula is C17H19NO4S2. The van der Waals surface area contributed by atoms with Crippen molar-refractivity contribution in [3.05, 3.63) is 40.1 Å². The predicted octanol–water partition coefficient (Wildman–Crippen LogP) is 3.66. The fraction of sp³-hybridized carbons (Fsp3) is 0.353. The van der Waals surface area contributed by atoms with Crippen LogP contribution in [-0.4, -0.2) is 44.4 Å². The lowest BCUT2D eigenvalue weighted by Crippen LogP contribution is -2.30. The number of benzene rings is 1. The van der Waals surface area contributed by atoms with Gasteiger partial charge >= 0.3 is 0 Å². The van der Waals surface area contributed by atoms with E-state index in [0.29, 0.717) is 23.8 Å². The molecule has 0 spiro atoms. The number of thioether (sulfide) groups is 1. The molecule has 1 aliphatic rings. The maximum absolute atomic E-state index is 12.8. The van der Waals surface area contributed by atoms with Gasteiger partial charge in [0.2, 0.25) is 0 Å². The van der Waals surface area contributed by atoms with E-state index in [4.69, 9.17) is 14.2 Å². The number of thiophene rings is 1. The number of carbonyl (C=O) groups is 1. The molecule has 0 N–H and O–H groups in total. The molecule has 7 heteroatoms.